The SMILES string of the molecule is CCCN(C(=O)c1ccc(S(=O)(=O)NC2CC2)cc1)C1CCNCC1. The first-order valence-corrected chi connectivity index (χ1v) is 10.6. The van der Waals surface area contributed by atoms with Gasteiger partial charge < -0.3 is 10.2 Å². The molecular formula is C18H27N3O3S. The molecule has 0 bridgehead atoms. The Kier molecular flexibility index (Phi) is 5.76. The maximum Gasteiger partial charge on any atom is 0.254 e. The van der Waals surface area contributed by atoms with Crippen LogP contribution in [0.25, 0.3) is 0 Å². The number of amides is 1. The third-order valence-electron chi connectivity index (χ3n) is 4.79. The van der Waals surface area contributed by atoms with Crippen LogP contribution in [0.15, 0.2) is 29.2 Å². The summed E-state index contributed by atoms with van der Waals surface area (Å²) in [5.74, 6) is -0.00662. The molecule has 1 aromatic rings. The molecule has 1 aromatic carbocycles. The summed E-state index contributed by atoms with van der Waals surface area (Å²) in [5, 5.41) is 3.32. The number of hydrogen-bond donors (Lipinski definition) is 2. The van der Waals surface area contributed by atoms with Crippen molar-refractivity contribution in [2.45, 2.75) is 56.0 Å². The van der Waals surface area contributed by atoms with Gasteiger partial charge in [-0.3, -0.25) is 4.79 Å². The molecule has 25 heavy (non-hydrogen) atoms. The van der Waals surface area contributed by atoms with E-state index < -0.39 is 10.0 Å². The van der Waals surface area contributed by atoms with Crippen molar-refractivity contribution in [2.24, 2.45) is 0 Å². The van der Waals surface area contributed by atoms with Gasteiger partial charge in [-0.1, -0.05) is 6.92 Å². The maximum atomic E-state index is 12.9. The summed E-state index contributed by atoms with van der Waals surface area (Å²) in [7, 11) is -3.47. The van der Waals surface area contributed by atoms with Crippen molar-refractivity contribution in [1.29, 1.82) is 0 Å². The van der Waals surface area contributed by atoms with E-state index >= 15 is 0 Å². The molecule has 1 aliphatic carbocycles. The lowest BCUT2D eigenvalue weighted by Crippen LogP contribution is -2.46. The smallest absolute Gasteiger partial charge is 0.254 e. The molecule has 2 aliphatic rings. The summed E-state index contributed by atoms with van der Waals surface area (Å²) in [6, 6.07) is 6.66. The molecule has 2 fully saturated rings. The fraction of sp³-hybridized carbons (Fsp3) is 0.611. The number of carbonyl (C=O) groups is 1. The first-order valence-electron chi connectivity index (χ1n) is 9.15. The lowest BCUT2D eigenvalue weighted by Gasteiger charge is -2.34. The number of carbonyl (C=O) groups excluding carboxylic acids is 1. The third-order valence-corrected chi connectivity index (χ3v) is 6.32. The van der Waals surface area contributed by atoms with Crippen LogP contribution in [-0.2, 0) is 10.0 Å². The van der Waals surface area contributed by atoms with Crippen LogP contribution in [0.2, 0.25) is 0 Å². The number of nitrogens with zero attached hydrogens (tertiary/aromatic N) is 1. The quantitative estimate of drug-likeness (QED) is 0.771. The molecule has 7 heteroatoms. The van der Waals surface area contributed by atoms with Crippen LogP contribution in [0.5, 0.6) is 0 Å². The predicted octanol–water partition coefficient (Wildman–Crippen LogP) is 1.73. The summed E-state index contributed by atoms with van der Waals surface area (Å²) in [6.07, 6.45) is 4.64. The molecule has 1 amide bonds. The van der Waals surface area contributed by atoms with Crippen LogP contribution in [0.4, 0.5) is 0 Å². The second-order valence-corrected chi connectivity index (χ2v) is 8.61. The van der Waals surface area contributed by atoms with Gasteiger partial charge in [-0.2, -0.15) is 0 Å². The summed E-state index contributed by atoms with van der Waals surface area (Å²) < 4.78 is 27.1. The van der Waals surface area contributed by atoms with Gasteiger partial charge in [-0.25, -0.2) is 13.1 Å². The second kappa shape index (κ2) is 7.85. The normalized spacial score (nSPS) is 18.9. The van der Waals surface area contributed by atoms with Gasteiger partial charge in [0.25, 0.3) is 5.91 Å². The maximum absolute atomic E-state index is 12.9. The second-order valence-electron chi connectivity index (χ2n) is 6.90. The zero-order chi connectivity index (χ0) is 17.9. The van der Waals surface area contributed by atoms with Crippen LogP contribution < -0.4 is 10.0 Å². The minimum absolute atomic E-state index is 0.00662. The van der Waals surface area contributed by atoms with Crippen LogP contribution in [0.3, 0.4) is 0 Å². The summed E-state index contributed by atoms with van der Waals surface area (Å²) in [6.45, 7) is 4.66. The number of rotatable bonds is 7. The molecule has 0 radical (unpaired) electrons. The van der Waals surface area contributed by atoms with Gasteiger partial charge in [0.2, 0.25) is 10.0 Å². The van der Waals surface area contributed by atoms with Crippen molar-refractivity contribution in [3.63, 3.8) is 0 Å². The minimum atomic E-state index is -3.47. The van der Waals surface area contributed by atoms with E-state index in [1.54, 1.807) is 12.1 Å². The van der Waals surface area contributed by atoms with Crippen LogP contribution >= 0.6 is 0 Å². The zero-order valence-corrected chi connectivity index (χ0v) is 15.5. The highest BCUT2D eigenvalue weighted by molar-refractivity contribution is 7.89. The highest BCUT2D eigenvalue weighted by atomic mass is 32.2. The molecular weight excluding hydrogens is 338 g/mol. The van der Waals surface area contributed by atoms with E-state index in [1.165, 1.54) is 12.1 Å². The monoisotopic (exact) mass is 365 g/mol. The topological polar surface area (TPSA) is 78.5 Å². The van der Waals surface area contributed by atoms with E-state index in [1.807, 2.05) is 4.90 Å². The fourth-order valence-electron chi connectivity index (χ4n) is 3.24. The van der Waals surface area contributed by atoms with Crippen LogP contribution in [0.1, 0.15) is 49.4 Å². The van der Waals surface area contributed by atoms with E-state index in [0.29, 0.717) is 5.56 Å². The van der Waals surface area contributed by atoms with Crippen molar-refractivity contribution < 1.29 is 13.2 Å². The Morgan fingerprint density at radius 2 is 1.80 bits per heavy atom. The molecule has 0 unspecified atom stereocenters. The van der Waals surface area contributed by atoms with Crippen molar-refractivity contribution in [3.05, 3.63) is 29.8 Å². The van der Waals surface area contributed by atoms with Crippen molar-refractivity contribution >= 4 is 15.9 Å². The van der Waals surface area contributed by atoms with E-state index in [0.717, 1.165) is 51.7 Å². The van der Waals surface area contributed by atoms with Gasteiger partial charge >= 0.3 is 0 Å². The first kappa shape index (κ1) is 18.4. The first-order chi connectivity index (χ1) is 12.0. The highest BCUT2D eigenvalue weighted by Gasteiger charge is 2.29. The Morgan fingerprint density at radius 3 is 2.36 bits per heavy atom. The van der Waals surface area contributed by atoms with Gasteiger partial charge in [-0.15, -0.1) is 0 Å². The lowest BCUT2D eigenvalue weighted by molar-refractivity contribution is 0.0642. The van der Waals surface area contributed by atoms with Crippen molar-refractivity contribution in [2.75, 3.05) is 19.6 Å². The van der Waals surface area contributed by atoms with Gasteiger partial charge in [0, 0.05) is 24.2 Å². The molecule has 0 aromatic heterocycles. The molecule has 2 N–H and O–H groups in total. The Labute approximate surface area is 150 Å². The molecule has 6 nitrogen and oxygen atoms in total. The average Bonchev–Trinajstić information content (AvgIpc) is 3.43. The number of sulfonamides is 1. The lowest BCUT2D eigenvalue weighted by atomic mass is 10.0. The van der Waals surface area contributed by atoms with Crippen molar-refractivity contribution in [3.8, 4) is 0 Å². The molecule has 0 atom stereocenters. The Morgan fingerprint density at radius 1 is 1.16 bits per heavy atom. The molecule has 3 rings (SSSR count). The summed E-state index contributed by atoms with van der Waals surface area (Å²) >= 11 is 0. The Hall–Kier alpha value is -1.44. The third kappa shape index (κ3) is 4.59. The van der Waals surface area contributed by atoms with Crippen LogP contribution in [0, 0.1) is 0 Å². The summed E-state index contributed by atoms with van der Waals surface area (Å²) in [5.41, 5.74) is 0.553. The molecule has 1 saturated heterocycles. The van der Waals surface area contributed by atoms with E-state index in [4.69, 9.17) is 0 Å². The van der Waals surface area contributed by atoms with Crippen LogP contribution in [-0.4, -0.2) is 50.9 Å². The molecule has 138 valence electrons. The van der Waals surface area contributed by atoms with Gasteiger partial charge in [0.1, 0.15) is 0 Å². The van der Waals surface area contributed by atoms with E-state index in [9.17, 15) is 13.2 Å². The van der Waals surface area contributed by atoms with Gasteiger partial charge in [-0.05, 0) is 69.5 Å². The number of hydrogen-bond acceptors (Lipinski definition) is 4. The summed E-state index contributed by atoms with van der Waals surface area (Å²) in [4.78, 5) is 15.1. The Balaban J connectivity index is 1.73. The highest BCUT2D eigenvalue weighted by Crippen LogP contribution is 2.23. The molecule has 0 spiro atoms. The average molecular weight is 365 g/mol. The van der Waals surface area contributed by atoms with E-state index in [-0.39, 0.29) is 22.9 Å². The minimum Gasteiger partial charge on any atom is -0.336 e. The predicted molar refractivity (Wildman–Crippen MR) is 97.0 cm³/mol. The largest absolute Gasteiger partial charge is 0.336 e. The van der Waals surface area contributed by atoms with Crippen molar-refractivity contribution in [1.82, 2.24) is 14.9 Å². The Bertz CT molecular complexity index is 693. The molecule has 1 saturated carbocycles. The number of piperidine rings is 1. The number of benzene rings is 1. The standard InChI is InChI=1S/C18H27N3O3S/c1-2-13-21(16-9-11-19-12-10-16)18(22)14-3-7-17(8-4-14)25(23,24)20-15-5-6-15/h3-4,7-8,15-16,19-20H,2,5-6,9-13H2,1H3. The van der Waals surface area contributed by atoms with Gasteiger partial charge in [0.05, 0.1) is 4.90 Å². The zero-order valence-electron chi connectivity index (χ0n) is 14.7. The van der Waals surface area contributed by atoms with Gasteiger partial charge in [0.15, 0.2) is 0 Å². The van der Waals surface area contributed by atoms with E-state index in [2.05, 4.69) is 17.0 Å². The molecule has 1 heterocycles. The fourth-order valence-corrected chi connectivity index (χ4v) is 4.55. The number of nitrogens with one attached hydrogen (secondary N) is 2. The molecule has 1 aliphatic heterocycles.